The smallest absolute Gasteiger partial charge is 0.521 e. The molecule has 2 amide bonds. The minimum absolute atomic E-state index is 0. The molecular formula is C34H43F9IN10O6P. The van der Waals surface area contributed by atoms with Gasteiger partial charge in [-0.1, -0.05) is 30.0 Å². The van der Waals surface area contributed by atoms with Gasteiger partial charge in [-0.25, -0.2) is 31.6 Å². The number of rotatable bonds is 9. The highest BCUT2D eigenvalue weighted by Gasteiger charge is 2.40. The molecular weight excluding hydrogens is 973 g/mol. The summed E-state index contributed by atoms with van der Waals surface area (Å²) in [6.07, 6.45) is -5.19. The lowest BCUT2D eigenvalue weighted by molar-refractivity contribution is -0.244. The second kappa shape index (κ2) is 23.8. The van der Waals surface area contributed by atoms with E-state index in [1.807, 2.05) is 16.4 Å². The quantitative estimate of drug-likeness (QED) is 0.0393. The van der Waals surface area contributed by atoms with Crippen molar-refractivity contribution in [3.8, 4) is 0 Å². The topological polar surface area (TPSA) is 224 Å². The summed E-state index contributed by atoms with van der Waals surface area (Å²) in [5, 5.41) is 21.6. The van der Waals surface area contributed by atoms with E-state index in [2.05, 4.69) is 47.7 Å². The fraction of sp³-hybridized carbons (Fsp3) is 0.471. The van der Waals surface area contributed by atoms with E-state index in [1.165, 1.54) is 4.90 Å². The number of hydrogen-bond acceptors (Lipinski definition) is 12. The Morgan fingerprint density at radius 3 is 1.56 bits per heavy atom. The van der Waals surface area contributed by atoms with Crippen LogP contribution in [0, 0.1) is 41.8 Å². The van der Waals surface area contributed by atoms with Gasteiger partial charge in [0.05, 0.1) is 13.1 Å². The van der Waals surface area contributed by atoms with Gasteiger partial charge in [0, 0.05) is 69.3 Å². The molecule has 0 spiro atoms. The van der Waals surface area contributed by atoms with Gasteiger partial charge in [-0.3, -0.25) is 9.59 Å². The first-order chi connectivity index (χ1) is 28.2. The molecule has 0 saturated heterocycles. The number of aryl methyl sites for hydroxylation is 1. The second-order valence-corrected chi connectivity index (χ2v) is 13.5. The van der Waals surface area contributed by atoms with Crippen molar-refractivity contribution in [3.63, 3.8) is 0 Å². The van der Waals surface area contributed by atoms with Crippen molar-refractivity contribution in [1.29, 1.82) is 0 Å². The maximum absolute atomic E-state index is 13.7. The average Bonchev–Trinajstić information content (AvgIpc) is 3.80. The molecule has 0 radical (unpaired) electrons. The van der Waals surface area contributed by atoms with Crippen molar-refractivity contribution >= 4 is 42.7 Å². The van der Waals surface area contributed by atoms with Gasteiger partial charge in [0.1, 0.15) is 17.5 Å². The van der Waals surface area contributed by atoms with Gasteiger partial charge in [0.25, 0.3) is 0 Å². The molecule has 3 atom stereocenters. The Morgan fingerprint density at radius 2 is 1.15 bits per heavy atom. The lowest BCUT2D eigenvalue weighted by atomic mass is 10.0. The molecule has 2 aromatic heterocycles. The second-order valence-electron chi connectivity index (χ2n) is 12.9. The molecule has 2 aromatic carbocycles. The van der Waals surface area contributed by atoms with E-state index in [0.717, 1.165) is 16.5 Å². The summed E-state index contributed by atoms with van der Waals surface area (Å²) in [4.78, 5) is 38.5. The average molecular weight is 1020 g/mol. The summed E-state index contributed by atoms with van der Waals surface area (Å²) < 4.78 is 133. The van der Waals surface area contributed by atoms with Crippen molar-refractivity contribution in [1.82, 2.24) is 39.3 Å². The highest BCUT2D eigenvalue weighted by molar-refractivity contribution is 14.1. The predicted octanol–water partition coefficient (Wildman–Crippen LogP) is 4.75. The van der Waals surface area contributed by atoms with Crippen molar-refractivity contribution in [2.75, 3.05) is 18.0 Å². The SMILES string of the molecule is C.CI.Cc1nnc2n1CCN(C(=O)C[C@H](N)Cc1cc(F)c(F)cc1F)C2.N[C@@H](CC(=O)N1CCn2c(nnc2C(F)(F)F)C1)Cc1cc(F)c(F)cc1F.O=[P+]([O-])OO.[HH]. The van der Waals surface area contributed by atoms with Crippen LogP contribution in [-0.4, -0.2) is 86.5 Å². The highest BCUT2D eigenvalue weighted by atomic mass is 127. The monoisotopic (exact) mass is 1020 g/mol. The lowest BCUT2D eigenvalue weighted by Crippen LogP contribution is -2.42. The number of nitrogens with two attached hydrogens (primary N) is 2. The summed E-state index contributed by atoms with van der Waals surface area (Å²) in [6.45, 7) is 3.00. The summed E-state index contributed by atoms with van der Waals surface area (Å²) in [5.41, 5.74) is 11.5. The molecule has 16 nitrogen and oxygen atoms in total. The maximum Gasteiger partial charge on any atom is 0.521 e. The number of halogens is 10. The zero-order valence-electron chi connectivity index (χ0n) is 31.5. The number of carbonyl (C=O) groups excluding carboxylic acids is 2. The van der Waals surface area contributed by atoms with Crippen LogP contribution in [0.4, 0.5) is 39.5 Å². The van der Waals surface area contributed by atoms with E-state index in [4.69, 9.17) is 26.2 Å². The Hall–Kier alpha value is -4.34. The van der Waals surface area contributed by atoms with E-state index in [1.54, 1.807) is 4.90 Å². The third-order valence-electron chi connectivity index (χ3n) is 8.73. The molecule has 0 aliphatic carbocycles. The zero-order chi connectivity index (χ0) is 45.1. The van der Waals surface area contributed by atoms with E-state index in [0.29, 0.717) is 43.7 Å². The van der Waals surface area contributed by atoms with Crippen molar-refractivity contribution < 1.29 is 69.9 Å². The van der Waals surface area contributed by atoms with Crippen LogP contribution in [0.5, 0.6) is 0 Å². The van der Waals surface area contributed by atoms with Gasteiger partial charge in [-0.05, 0) is 52.5 Å². The fourth-order valence-electron chi connectivity index (χ4n) is 5.95. The number of fused-ring (bicyclic) bond motifs is 2. The molecule has 5 N–H and O–H groups in total. The minimum atomic E-state index is -4.64. The Bertz CT molecular complexity index is 2140. The summed E-state index contributed by atoms with van der Waals surface area (Å²) >= 11 is 2.15. The number of aromatic nitrogens is 6. The number of nitrogens with zero attached hydrogens (tertiary/aromatic N) is 8. The summed E-state index contributed by atoms with van der Waals surface area (Å²) in [6, 6.07) is 0.748. The summed E-state index contributed by atoms with van der Waals surface area (Å²) in [5.74, 6) is -7.10. The molecule has 0 fully saturated rings. The Labute approximate surface area is 358 Å². The van der Waals surface area contributed by atoms with Gasteiger partial charge in [-0.15, -0.1) is 20.4 Å². The van der Waals surface area contributed by atoms with Crippen molar-refractivity contribution in [2.24, 2.45) is 11.5 Å². The maximum atomic E-state index is 13.7. The van der Waals surface area contributed by atoms with E-state index in [9.17, 15) is 49.1 Å². The Morgan fingerprint density at radius 1 is 0.770 bits per heavy atom. The van der Waals surface area contributed by atoms with Gasteiger partial charge < -0.3 is 35.3 Å². The predicted molar refractivity (Wildman–Crippen MR) is 206 cm³/mol. The molecule has 27 heteroatoms. The highest BCUT2D eigenvalue weighted by Crippen LogP contribution is 2.29. The molecule has 61 heavy (non-hydrogen) atoms. The fourth-order valence-corrected chi connectivity index (χ4v) is 5.95. The Balaban J connectivity index is 0.000000527. The number of amides is 2. The Kier molecular flexibility index (Phi) is 20.6. The van der Waals surface area contributed by atoms with E-state index in [-0.39, 0.29) is 77.0 Å². The zero-order valence-corrected chi connectivity index (χ0v) is 34.5. The number of carbonyl (C=O) groups is 2. The van der Waals surface area contributed by atoms with Crippen LogP contribution in [0.3, 0.4) is 0 Å². The number of hydrogen-bond donors (Lipinski definition) is 3. The first kappa shape index (κ1) is 52.8. The third kappa shape index (κ3) is 14.9. The number of alkyl halides is 4. The normalized spacial score (nSPS) is 14.3. The first-order valence-electron chi connectivity index (χ1n) is 17.2. The summed E-state index contributed by atoms with van der Waals surface area (Å²) in [7, 11) is -3.04. The van der Waals surface area contributed by atoms with Crippen LogP contribution in [0.25, 0.3) is 0 Å². The van der Waals surface area contributed by atoms with Crippen LogP contribution in [0.2, 0.25) is 0 Å². The van der Waals surface area contributed by atoms with Crippen LogP contribution in [-0.2, 0) is 64.0 Å². The van der Waals surface area contributed by atoms with Crippen LogP contribution in [0.15, 0.2) is 24.3 Å². The van der Waals surface area contributed by atoms with Crippen molar-refractivity contribution in [3.05, 3.63) is 93.6 Å². The van der Waals surface area contributed by atoms with Crippen LogP contribution < -0.4 is 16.4 Å². The van der Waals surface area contributed by atoms with Crippen molar-refractivity contribution in [2.45, 2.75) is 84.5 Å². The molecule has 0 bridgehead atoms. The standard InChI is InChI=1S/C16H15F6N5O.C16H18F3N5O.CH3I.CH4.HO4P.H2/c17-10-6-12(19)11(18)4-8(10)3-9(23)5-14(28)26-1-2-27-13(7-26)24-25-15(27)16(20,21)22;1-9-21-22-15-8-23(2-3-24(9)15)16(25)6-11(20)4-10-5-13(18)14(19)7-12(10)17;1-2;;1-4-5(2)3;/h4,6,9H,1-3,5,7,23H2;5,7,11H,2-4,6,8,20H2,1H3;1H3;1H4;1H;1H/t9-;11-;;;;/m11..../s1. The van der Waals surface area contributed by atoms with Gasteiger partial charge in [0.2, 0.25) is 17.6 Å². The van der Waals surface area contributed by atoms with E-state index >= 15 is 0 Å². The molecule has 1 unspecified atom stereocenters. The lowest BCUT2D eigenvalue weighted by Gasteiger charge is -2.29. The van der Waals surface area contributed by atoms with Gasteiger partial charge in [-0.2, -0.15) is 13.2 Å². The van der Waals surface area contributed by atoms with Crippen LogP contribution >= 0.6 is 30.8 Å². The molecule has 2 aliphatic heterocycles. The van der Waals surface area contributed by atoms with Gasteiger partial charge >= 0.3 is 14.4 Å². The molecule has 2 aliphatic rings. The first-order valence-corrected chi connectivity index (χ1v) is 20.5. The van der Waals surface area contributed by atoms with Gasteiger partial charge in [0.15, 0.2) is 34.9 Å². The molecule has 6 rings (SSSR count). The molecule has 340 valence electrons. The molecule has 4 aromatic rings. The molecule has 0 saturated carbocycles. The molecule has 4 heterocycles. The van der Waals surface area contributed by atoms with E-state index < -0.39 is 73.1 Å². The minimum Gasteiger partial charge on any atom is -0.565 e. The number of benzene rings is 2. The third-order valence-corrected chi connectivity index (χ3v) is 8.87. The largest absolute Gasteiger partial charge is 0.565 e. The van der Waals surface area contributed by atoms with Crippen LogP contribution in [0.1, 0.15) is 56.1 Å².